The Bertz CT molecular complexity index is 903. The lowest BCUT2D eigenvalue weighted by Gasteiger charge is -2.30. The molecule has 2 aromatic rings. The van der Waals surface area contributed by atoms with Crippen LogP contribution >= 0.6 is 11.6 Å². The molecule has 0 saturated carbocycles. The van der Waals surface area contributed by atoms with E-state index in [1.165, 1.54) is 0 Å². The van der Waals surface area contributed by atoms with E-state index in [0.29, 0.717) is 29.5 Å². The molecule has 0 aliphatic heterocycles. The van der Waals surface area contributed by atoms with E-state index in [1.54, 1.807) is 30.2 Å². The van der Waals surface area contributed by atoms with Gasteiger partial charge in [-0.1, -0.05) is 44.0 Å². The number of nitrogens with zero attached hydrogens (tertiary/aromatic N) is 1. The fourth-order valence-corrected chi connectivity index (χ4v) is 3.45. The molecule has 32 heavy (non-hydrogen) atoms. The average molecular weight is 461 g/mol. The van der Waals surface area contributed by atoms with Crippen LogP contribution in [0, 0.1) is 6.92 Å². The van der Waals surface area contributed by atoms with Gasteiger partial charge < -0.3 is 19.7 Å². The number of carbonyl (C=O) groups excluding carboxylic acids is 2. The maximum Gasteiger partial charge on any atom is 0.261 e. The van der Waals surface area contributed by atoms with Gasteiger partial charge in [0, 0.05) is 18.1 Å². The molecule has 0 unspecified atom stereocenters. The van der Waals surface area contributed by atoms with Crippen LogP contribution in [0.4, 0.5) is 0 Å². The molecule has 2 rings (SSSR count). The van der Waals surface area contributed by atoms with Crippen LogP contribution in [0.1, 0.15) is 44.2 Å². The number of hydrogen-bond donors (Lipinski definition) is 1. The van der Waals surface area contributed by atoms with E-state index in [0.717, 1.165) is 24.0 Å². The highest BCUT2D eigenvalue weighted by Gasteiger charge is 2.29. The van der Waals surface area contributed by atoms with Crippen molar-refractivity contribution in [1.29, 1.82) is 0 Å². The van der Waals surface area contributed by atoms with Crippen molar-refractivity contribution in [2.75, 3.05) is 20.3 Å². The monoisotopic (exact) mass is 460 g/mol. The first-order valence-electron chi connectivity index (χ1n) is 11.0. The van der Waals surface area contributed by atoms with Crippen LogP contribution in [0.3, 0.4) is 0 Å². The van der Waals surface area contributed by atoms with E-state index in [9.17, 15) is 9.59 Å². The van der Waals surface area contributed by atoms with Crippen LogP contribution in [-0.4, -0.2) is 43.0 Å². The van der Waals surface area contributed by atoms with Gasteiger partial charge in [-0.15, -0.1) is 0 Å². The first-order chi connectivity index (χ1) is 15.4. The maximum absolute atomic E-state index is 13.2. The molecule has 0 aliphatic rings. The minimum Gasteiger partial charge on any atom is -0.497 e. The van der Waals surface area contributed by atoms with Gasteiger partial charge in [0.2, 0.25) is 5.91 Å². The third kappa shape index (κ3) is 7.45. The molecule has 2 amide bonds. The molecule has 0 aromatic heterocycles. The largest absolute Gasteiger partial charge is 0.497 e. The summed E-state index contributed by atoms with van der Waals surface area (Å²) < 4.78 is 11.0. The summed E-state index contributed by atoms with van der Waals surface area (Å²) in [6, 6.07) is 12.1. The van der Waals surface area contributed by atoms with Crippen molar-refractivity contribution in [1.82, 2.24) is 10.2 Å². The summed E-state index contributed by atoms with van der Waals surface area (Å²) in [6.07, 6.45) is 2.37. The van der Waals surface area contributed by atoms with Gasteiger partial charge in [-0.3, -0.25) is 9.59 Å². The number of aryl methyl sites for hydroxylation is 1. The van der Waals surface area contributed by atoms with Gasteiger partial charge in [0.05, 0.1) is 7.11 Å². The smallest absolute Gasteiger partial charge is 0.261 e. The summed E-state index contributed by atoms with van der Waals surface area (Å²) in [6.45, 7) is 6.53. The van der Waals surface area contributed by atoms with Gasteiger partial charge in [0.25, 0.3) is 5.91 Å². The van der Waals surface area contributed by atoms with Crippen molar-refractivity contribution in [2.24, 2.45) is 0 Å². The second kappa shape index (κ2) is 13.0. The van der Waals surface area contributed by atoms with Gasteiger partial charge in [-0.25, -0.2) is 0 Å². The molecule has 1 atom stereocenters. The number of methoxy groups -OCH3 is 1. The predicted octanol–water partition coefficient (Wildman–Crippen LogP) is 4.76. The Kier molecular flexibility index (Phi) is 10.3. The summed E-state index contributed by atoms with van der Waals surface area (Å²) >= 11 is 6.07. The van der Waals surface area contributed by atoms with Crippen LogP contribution < -0.4 is 14.8 Å². The van der Waals surface area contributed by atoms with Gasteiger partial charge in [-0.05, 0) is 61.2 Å². The summed E-state index contributed by atoms with van der Waals surface area (Å²) in [5.74, 6) is 0.836. The number of ether oxygens (including phenoxy) is 2. The van der Waals surface area contributed by atoms with E-state index in [1.807, 2.05) is 38.1 Å². The van der Waals surface area contributed by atoms with Crippen LogP contribution in [0.15, 0.2) is 42.5 Å². The minimum absolute atomic E-state index is 0.153. The first-order valence-corrected chi connectivity index (χ1v) is 11.4. The Morgan fingerprint density at radius 1 is 1.12 bits per heavy atom. The summed E-state index contributed by atoms with van der Waals surface area (Å²) in [4.78, 5) is 27.7. The van der Waals surface area contributed by atoms with Crippen LogP contribution in [0.2, 0.25) is 5.02 Å². The topological polar surface area (TPSA) is 67.9 Å². The van der Waals surface area contributed by atoms with E-state index in [4.69, 9.17) is 21.1 Å². The quantitative estimate of drug-likeness (QED) is 0.464. The lowest BCUT2D eigenvalue weighted by molar-refractivity contribution is -0.143. The predicted molar refractivity (Wildman–Crippen MR) is 127 cm³/mol. The minimum atomic E-state index is -0.596. The zero-order chi connectivity index (χ0) is 23.5. The zero-order valence-electron chi connectivity index (χ0n) is 19.3. The number of hydrogen-bond acceptors (Lipinski definition) is 4. The van der Waals surface area contributed by atoms with E-state index >= 15 is 0 Å². The highest BCUT2D eigenvalue weighted by Crippen LogP contribution is 2.22. The Hall–Kier alpha value is -2.73. The molecule has 0 saturated heterocycles. The van der Waals surface area contributed by atoms with Crippen molar-refractivity contribution in [2.45, 2.75) is 52.6 Å². The van der Waals surface area contributed by atoms with Gasteiger partial charge in [-0.2, -0.15) is 0 Å². The third-order valence-electron chi connectivity index (χ3n) is 5.19. The third-order valence-corrected chi connectivity index (χ3v) is 5.62. The van der Waals surface area contributed by atoms with E-state index in [2.05, 4.69) is 12.2 Å². The fourth-order valence-electron chi connectivity index (χ4n) is 3.33. The van der Waals surface area contributed by atoms with Crippen molar-refractivity contribution < 1.29 is 19.1 Å². The van der Waals surface area contributed by atoms with Crippen LogP contribution in [0.5, 0.6) is 11.5 Å². The van der Waals surface area contributed by atoms with Crippen molar-refractivity contribution in [3.8, 4) is 11.5 Å². The molecule has 1 N–H and O–H groups in total. The average Bonchev–Trinajstić information content (AvgIpc) is 2.79. The second-order valence-corrected chi connectivity index (χ2v) is 8.05. The molecule has 7 heteroatoms. The number of rotatable bonds is 12. The molecule has 2 aromatic carbocycles. The molecule has 0 aliphatic carbocycles. The van der Waals surface area contributed by atoms with Crippen LogP contribution in [0.25, 0.3) is 0 Å². The van der Waals surface area contributed by atoms with Gasteiger partial charge in [0.15, 0.2) is 6.61 Å². The molecule has 0 bridgehead atoms. The SMILES string of the molecule is CCCCNC(=O)[C@H](CC)N(Cc1cccc(OC)c1)C(=O)COc1ccc(Cl)c(C)c1. The van der Waals surface area contributed by atoms with Crippen molar-refractivity contribution in [3.05, 3.63) is 58.6 Å². The van der Waals surface area contributed by atoms with Crippen molar-refractivity contribution in [3.63, 3.8) is 0 Å². The Morgan fingerprint density at radius 3 is 2.56 bits per heavy atom. The Morgan fingerprint density at radius 2 is 1.91 bits per heavy atom. The summed E-state index contributed by atoms with van der Waals surface area (Å²) in [5.41, 5.74) is 1.74. The number of benzene rings is 2. The molecular formula is C25H33ClN2O4. The van der Waals surface area contributed by atoms with E-state index in [-0.39, 0.29) is 25.0 Å². The summed E-state index contributed by atoms with van der Waals surface area (Å²) in [7, 11) is 1.60. The second-order valence-electron chi connectivity index (χ2n) is 7.64. The molecule has 174 valence electrons. The molecule has 0 radical (unpaired) electrons. The zero-order valence-corrected chi connectivity index (χ0v) is 20.1. The molecule has 6 nitrogen and oxygen atoms in total. The fraction of sp³-hybridized carbons (Fsp3) is 0.440. The first kappa shape index (κ1) is 25.5. The van der Waals surface area contributed by atoms with E-state index < -0.39 is 6.04 Å². The number of halogens is 1. The molecule has 0 spiro atoms. The number of amides is 2. The van der Waals surface area contributed by atoms with Gasteiger partial charge >= 0.3 is 0 Å². The number of carbonyl (C=O) groups is 2. The van der Waals surface area contributed by atoms with Crippen LogP contribution in [-0.2, 0) is 16.1 Å². The summed E-state index contributed by atoms with van der Waals surface area (Å²) in [5, 5.41) is 3.59. The number of unbranched alkanes of at least 4 members (excludes halogenated alkanes) is 1. The standard InChI is InChI=1S/C25H33ClN2O4/c1-5-7-13-27-25(30)23(6-2)28(16-19-9-8-10-20(15-19)31-4)24(29)17-32-21-11-12-22(26)18(3)14-21/h8-12,14-15,23H,5-7,13,16-17H2,1-4H3,(H,27,30)/t23-/m0/s1. The van der Waals surface area contributed by atoms with Crippen molar-refractivity contribution >= 4 is 23.4 Å². The normalized spacial score (nSPS) is 11.5. The Balaban J connectivity index is 2.20. The molecular weight excluding hydrogens is 428 g/mol. The lowest BCUT2D eigenvalue weighted by atomic mass is 10.1. The van der Waals surface area contributed by atoms with Gasteiger partial charge in [0.1, 0.15) is 17.5 Å². The Labute approximate surface area is 195 Å². The number of nitrogens with one attached hydrogen (secondary N) is 1. The highest BCUT2D eigenvalue weighted by molar-refractivity contribution is 6.31. The molecule has 0 heterocycles. The lowest BCUT2D eigenvalue weighted by Crippen LogP contribution is -2.50. The highest BCUT2D eigenvalue weighted by atomic mass is 35.5. The maximum atomic E-state index is 13.2. The molecule has 0 fully saturated rings.